The first-order chi connectivity index (χ1) is 11.4. The average Bonchev–Trinajstić information content (AvgIpc) is 2.56. The largest absolute Gasteiger partial charge is 0.507 e. The van der Waals surface area contributed by atoms with Crippen LogP contribution in [0.15, 0.2) is 40.9 Å². The van der Waals surface area contributed by atoms with Gasteiger partial charge in [-0.25, -0.2) is 0 Å². The number of aromatic hydroxyl groups is 1. The standard InChI is InChI=1S/C17H17BrN2O4/c1-10-4-3-5-13(16(10)22)17(23)20-19-15(21)9-24-12-6-7-14(18)11(2)8-12/h3-8,22H,9H2,1-2H3,(H,19,21)(H,20,23). The molecule has 7 heteroatoms. The van der Waals surface area contributed by atoms with E-state index in [1.807, 2.05) is 13.0 Å². The lowest BCUT2D eigenvalue weighted by Crippen LogP contribution is -2.43. The summed E-state index contributed by atoms with van der Waals surface area (Å²) in [4.78, 5) is 23.7. The molecule has 2 aromatic rings. The number of ether oxygens (including phenoxy) is 1. The van der Waals surface area contributed by atoms with Crippen LogP contribution < -0.4 is 15.6 Å². The van der Waals surface area contributed by atoms with Gasteiger partial charge in [-0.05, 0) is 49.2 Å². The summed E-state index contributed by atoms with van der Waals surface area (Å²) in [6.07, 6.45) is 0. The molecule has 0 saturated carbocycles. The van der Waals surface area contributed by atoms with Crippen LogP contribution in [-0.4, -0.2) is 23.5 Å². The molecule has 2 amide bonds. The zero-order chi connectivity index (χ0) is 17.7. The zero-order valence-electron chi connectivity index (χ0n) is 13.2. The van der Waals surface area contributed by atoms with Crippen molar-refractivity contribution in [3.05, 3.63) is 57.6 Å². The zero-order valence-corrected chi connectivity index (χ0v) is 14.8. The van der Waals surface area contributed by atoms with E-state index in [0.717, 1.165) is 10.0 Å². The molecule has 0 aliphatic carbocycles. The first-order valence-electron chi connectivity index (χ1n) is 7.15. The molecule has 0 radical (unpaired) electrons. The van der Waals surface area contributed by atoms with Gasteiger partial charge in [0.05, 0.1) is 5.56 Å². The van der Waals surface area contributed by atoms with Crippen molar-refractivity contribution in [1.82, 2.24) is 10.9 Å². The number of halogens is 1. The molecule has 0 spiro atoms. The fourth-order valence-electron chi connectivity index (χ4n) is 1.93. The Morgan fingerprint density at radius 2 is 1.88 bits per heavy atom. The number of carbonyl (C=O) groups excluding carboxylic acids is 2. The van der Waals surface area contributed by atoms with Crippen LogP contribution >= 0.6 is 15.9 Å². The van der Waals surface area contributed by atoms with Crippen molar-refractivity contribution in [1.29, 1.82) is 0 Å². The lowest BCUT2D eigenvalue weighted by molar-refractivity contribution is -0.123. The molecule has 0 aliphatic rings. The van der Waals surface area contributed by atoms with Crippen LogP contribution in [0.4, 0.5) is 0 Å². The Hall–Kier alpha value is -2.54. The van der Waals surface area contributed by atoms with Crippen molar-refractivity contribution < 1.29 is 19.4 Å². The molecular formula is C17H17BrN2O4. The minimum atomic E-state index is -0.607. The average molecular weight is 393 g/mol. The highest BCUT2D eigenvalue weighted by molar-refractivity contribution is 9.10. The van der Waals surface area contributed by atoms with E-state index in [0.29, 0.717) is 11.3 Å². The number of rotatable bonds is 4. The van der Waals surface area contributed by atoms with Crippen molar-refractivity contribution in [2.24, 2.45) is 0 Å². The molecule has 3 N–H and O–H groups in total. The van der Waals surface area contributed by atoms with Gasteiger partial charge in [0.1, 0.15) is 11.5 Å². The van der Waals surface area contributed by atoms with Crippen LogP contribution in [-0.2, 0) is 4.79 Å². The summed E-state index contributed by atoms with van der Waals surface area (Å²) >= 11 is 3.38. The molecule has 126 valence electrons. The van der Waals surface area contributed by atoms with E-state index in [9.17, 15) is 14.7 Å². The number of benzene rings is 2. The van der Waals surface area contributed by atoms with Gasteiger partial charge in [0.15, 0.2) is 6.61 Å². The SMILES string of the molecule is Cc1cc(OCC(=O)NNC(=O)c2cccc(C)c2O)ccc1Br. The van der Waals surface area contributed by atoms with Crippen molar-refractivity contribution >= 4 is 27.7 Å². The Kier molecular flexibility index (Phi) is 5.81. The molecule has 0 unspecified atom stereocenters. The molecule has 2 rings (SSSR count). The smallest absolute Gasteiger partial charge is 0.276 e. The molecule has 2 aromatic carbocycles. The molecule has 0 atom stereocenters. The third-order valence-electron chi connectivity index (χ3n) is 3.30. The van der Waals surface area contributed by atoms with Crippen molar-refractivity contribution in [2.75, 3.05) is 6.61 Å². The normalized spacial score (nSPS) is 10.1. The maximum absolute atomic E-state index is 11.9. The Balaban J connectivity index is 1.85. The first kappa shape index (κ1) is 17.8. The van der Waals surface area contributed by atoms with Crippen LogP contribution in [0.2, 0.25) is 0 Å². The van der Waals surface area contributed by atoms with Crippen molar-refractivity contribution in [3.8, 4) is 11.5 Å². The Labute approximate surface area is 147 Å². The van der Waals surface area contributed by atoms with E-state index in [1.165, 1.54) is 6.07 Å². The molecule has 24 heavy (non-hydrogen) atoms. The van der Waals surface area contributed by atoms with E-state index >= 15 is 0 Å². The van der Waals surface area contributed by atoms with Crippen LogP contribution in [0, 0.1) is 13.8 Å². The van der Waals surface area contributed by atoms with Crippen molar-refractivity contribution in [3.63, 3.8) is 0 Å². The van der Waals surface area contributed by atoms with E-state index in [-0.39, 0.29) is 17.9 Å². The van der Waals surface area contributed by atoms with Gasteiger partial charge >= 0.3 is 0 Å². The lowest BCUT2D eigenvalue weighted by Gasteiger charge is -2.11. The van der Waals surface area contributed by atoms with Gasteiger partial charge in [-0.2, -0.15) is 0 Å². The summed E-state index contributed by atoms with van der Waals surface area (Å²) in [5.41, 5.74) is 6.12. The predicted molar refractivity (Wildman–Crippen MR) is 92.8 cm³/mol. The minimum absolute atomic E-state index is 0.0831. The predicted octanol–water partition coefficient (Wildman–Crippen LogP) is 2.61. The summed E-state index contributed by atoms with van der Waals surface area (Å²) < 4.78 is 6.30. The van der Waals surface area contributed by atoms with E-state index in [4.69, 9.17) is 4.74 Å². The maximum atomic E-state index is 11.9. The number of aryl methyl sites for hydroxylation is 2. The molecule has 0 fully saturated rings. The summed E-state index contributed by atoms with van der Waals surface area (Å²) in [7, 11) is 0. The molecule has 0 aromatic heterocycles. The van der Waals surface area contributed by atoms with E-state index in [2.05, 4.69) is 26.8 Å². The van der Waals surface area contributed by atoms with Crippen LogP contribution in [0.3, 0.4) is 0 Å². The number of phenolic OH excluding ortho intramolecular Hbond substituents is 1. The number of hydrogen-bond donors (Lipinski definition) is 3. The van der Waals surface area contributed by atoms with Crippen LogP contribution in [0.1, 0.15) is 21.5 Å². The summed E-state index contributed by atoms with van der Waals surface area (Å²) in [6, 6.07) is 10.1. The molecule has 0 heterocycles. The third-order valence-corrected chi connectivity index (χ3v) is 4.19. The number of carbonyl (C=O) groups is 2. The van der Waals surface area contributed by atoms with Gasteiger partial charge in [-0.1, -0.05) is 28.1 Å². The second kappa shape index (κ2) is 7.83. The lowest BCUT2D eigenvalue weighted by atomic mass is 10.1. The Morgan fingerprint density at radius 3 is 2.58 bits per heavy atom. The quantitative estimate of drug-likeness (QED) is 0.697. The number of hydrogen-bond acceptors (Lipinski definition) is 4. The molecule has 0 bridgehead atoms. The molecule has 0 saturated heterocycles. The number of para-hydroxylation sites is 1. The highest BCUT2D eigenvalue weighted by Crippen LogP contribution is 2.22. The maximum Gasteiger partial charge on any atom is 0.276 e. The summed E-state index contributed by atoms with van der Waals surface area (Å²) in [5, 5.41) is 9.83. The van der Waals surface area contributed by atoms with Gasteiger partial charge in [0, 0.05) is 4.47 Å². The van der Waals surface area contributed by atoms with E-state index in [1.54, 1.807) is 31.2 Å². The number of phenols is 1. The molecule has 0 aliphatic heterocycles. The van der Waals surface area contributed by atoms with Gasteiger partial charge in [0.2, 0.25) is 0 Å². The number of nitrogens with one attached hydrogen (secondary N) is 2. The summed E-state index contributed by atoms with van der Waals surface area (Å²) in [6.45, 7) is 3.34. The van der Waals surface area contributed by atoms with Crippen LogP contribution in [0.25, 0.3) is 0 Å². The molecule has 6 nitrogen and oxygen atoms in total. The third kappa shape index (κ3) is 4.48. The second-order valence-corrected chi connectivity index (χ2v) is 6.03. The first-order valence-corrected chi connectivity index (χ1v) is 7.94. The highest BCUT2D eigenvalue weighted by atomic mass is 79.9. The fourth-order valence-corrected chi connectivity index (χ4v) is 2.17. The Bertz CT molecular complexity index is 777. The Morgan fingerprint density at radius 1 is 1.12 bits per heavy atom. The molecular weight excluding hydrogens is 376 g/mol. The van der Waals surface area contributed by atoms with Gasteiger partial charge in [-0.3, -0.25) is 20.4 Å². The topological polar surface area (TPSA) is 87.7 Å². The summed E-state index contributed by atoms with van der Waals surface area (Å²) in [5.74, 6) is -0.695. The fraction of sp³-hybridized carbons (Fsp3) is 0.176. The van der Waals surface area contributed by atoms with Gasteiger partial charge in [-0.15, -0.1) is 0 Å². The van der Waals surface area contributed by atoms with Crippen LogP contribution in [0.5, 0.6) is 11.5 Å². The van der Waals surface area contributed by atoms with Gasteiger partial charge in [0.25, 0.3) is 11.8 Å². The highest BCUT2D eigenvalue weighted by Gasteiger charge is 2.13. The monoisotopic (exact) mass is 392 g/mol. The van der Waals surface area contributed by atoms with Gasteiger partial charge < -0.3 is 9.84 Å². The van der Waals surface area contributed by atoms with E-state index < -0.39 is 11.8 Å². The number of hydrazine groups is 1. The minimum Gasteiger partial charge on any atom is -0.507 e. The van der Waals surface area contributed by atoms with Crippen molar-refractivity contribution in [2.45, 2.75) is 13.8 Å². The second-order valence-electron chi connectivity index (χ2n) is 5.17. The number of amides is 2.